The second-order valence-corrected chi connectivity index (χ2v) is 5.60. The van der Waals surface area contributed by atoms with E-state index in [0.29, 0.717) is 23.5 Å². The third-order valence-electron chi connectivity index (χ3n) is 4.16. The first-order chi connectivity index (χ1) is 8.16. The molecule has 0 unspecified atom stereocenters. The number of carbonyl (C=O) groups excluding carboxylic acids is 1. The van der Waals surface area contributed by atoms with Crippen molar-refractivity contribution in [3.05, 3.63) is 47.0 Å². The Morgan fingerprint density at radius 1 is 1.29 bits per heavy atom. The SMILES string of the molecule is CC(=O)[C@H]1[C@H](c2cccc(Cl)c2)[C@H]2C=C[C@@H]1C2. The summed E-state index contributed by atoms with van der Waals surface area (Å²) < 4.78 is 0. The summed E-state index contributed by atoms with van der Waals surface area (Å²) >= 11 is 6.05. The summed E-state index contributed by atoms with van der Waals surface area (Å²) in [6, 6.07) is 7.97. The van der Waals surface area contributed by atoms with Crippen LogP contribution in [-0.2, 0) is 4.79 Å². The number of allylic oxidation sites excluding steroid dienone is 2. The molecule has 0 amide bonds. The van der Waals surface area contributed by atoms with Crippen molar-refractivity contribution in [1.82, 2.24) is 0 Å². The van der Waals surface area contributed by atoms with E-state index in [1.165, 1.54) is 5.56 Å². The van der Waals surface area contributed by atoms with Gasteiger partial charge in [0.25, 0.3) is 0 Å². The zero-order valence-electron chi connectivity index (χ0n) is 9.77. The lowest BCUT2D eigenvalue weighted by molar-refractivity contribution is -0.121. The van der Waals surface area contributed by atoms with Crippen LogP contribution in [0.5, 0.6) is 0 Å². The second-order valence-electron chi connectivity index (χ2n) is 5.17. The monoisotopic (exact) mass is 246 g/mol. The molecular weight excluding hydrogens is 232 g/mol. The average molecular weight is 247 g/mol. The van der Waals surface area contributed by atoms with E-state index >= 15 is 0 Å². The number of Topliss-reactive ketones (excluding diaryl/α,β-unsaturated/α-hetero) is 1. The summed E-state index contributed by atoms with van der Waals surface area (Å²) in [4.78, 5) is 11.8. The number of halogens is 1. The van der Waals surface area contributed by atoms with Crippen molar-refractivity contribution < 1.29 is 4.79 Å². The van der Waals surface area contributed by atoms with Gasteiger partial charge in [0.05, 0.1) is 0 Å². The predicted octanol–water partition coefficient (Wildman–Crippen LogP) is 3.83. The first-order valence-corrected chi connectivity index (χ1v) is 6.49. The molecule has 17 heavy (non-hydrogen) atoms. The highest BCUT2D eigenvalue weighted by molar-refractivity contribution is 6.30. The molecule has 2 aliphatic rings. The number of ketones is 1. The Labute approximate surface area is 106 Å². The summed E-state index contributed by atoms with van der Waals surface area (Å²) in [6.07, 6.45) is 5.62. The van der Waals surface area contributed by atoms with Crippen molar-refractivity contribution in [3.8, 4) is 0 Å². The normalized spacial score (nSPS) is 34.2. The van der Waals surface area contributed by atoms with E-state index in [4.69, 9.17) is 11.6 Å². The zero-order valence-corrected chi connectivity index (χ0v) is 10.5. The summed E-state index contributed by atoms with van der Waals surface area (Å²) in [6.45, 7) is 1.72. The van der Waals surface area contributed by atoms with E-state index in [1.807, 2.05) is 18.2 Å². The first-order valence-electron chi connectivity index (χ1n) is 6.11. The summed E-state index contributed by atoms with van der Waals surface area (Å²) in [5.41, 5.74) is 1.22. The summed E-state index contributed by atoms with van der Waals surface area (Å²) in [5.74, 6) is 1.77. The van der Waals surface area contributed by atoms with E-state index in [0.717, 1.165) is 11.4 Å². The zero-order chi connectivity index (χ0) is 12.0. The molecule has 4 atom stereocenters. The van der Waals surface area contributed by atoms with Crippen LogP contribution in [0.4, 0.5) is 0 Å². The molecule has 0 aliphatic heterocycles. The average Bonchev–Trinajstić information content (AvgIpc) is 2.88. The molecule has 1 fully saturated rings. The van der Waals surface area contributed by atoms with E-state index in [2.05, 4.69) is 18.2 Å². The van der Waals surface area contributed by atoms with Gasteiger partial charge in [-0.15, -0.1) is 0 Å². The molecule has 0 radical (unpaired) electrons. The number of rotatable bonds is 2. The van der Waals surface area contributed by atoms with Gasteiger partial charge >= 0.3 is 0 Å². The highest BCUT2D eigenvalue weighted by Gasteiger charge is 2.47. The fourth-order valence-electron chi connectivity index (χ4n) is 3.54. The van der Waals surface area contributed by atoms with Crippen molar-refractivity contribution in [2.45, 2.75) is 19.3 Å². The van der Waals surface area contributed by atoms with Crippen molar-refractivity contribution >= 4 is 17.4 Å². The van der Waals surface area contributed by atoms with Crippen LogP contribution in [-0.4, -0.2) is 5.78 Å². The molecule has 1 saturated carbocycles. The van der Waals surface area contributed by atoms with Crippen LogP contribution in [0.2, 0.25) is 5.02 Å². The third-order valence-corrected chi connectivity index (χ3v) is 4.40. The van der Waals surface area contributed by atoms with E-state index in [-0.39, 0.29) is 5.92 Å². The van der Waals surface area contributed by atoms with Crippen LogP contribution in [0.25, 0.3) is 0 Å². The van der Waals surface area contributed by atoms with Crippen molar-refractivity contribution in [2.75, 3.05) is 0 Å². The Morgan fingerprint density at radius 2 is 2.06 bits per heavy atom. The van der Waals surface area contributed by atoms with Crippen molar-refractivity contribution in [2.24, 2.45) is 17.8 Å². The van der Waals surface area contributed by atoms with Crippen molar-refractivity contribution in [1.29, 1.82) is 0 Å². The predicted molar refractivity (Wildman–Crippen MR) is 69.1 cm³/mol. The van der Waals surface area contributed by atoms with Gasteiger partial charge in [-0.1, -0.05) is 35.9 Å². The molecule has 1 aromatic rings. The van der Waals surface area contributed by atoms with E-state index in [9.17, 15) is 4.79 Å². The van der Waals surface area contributed by atoms with Gasteiger partial charge in [-0.05, 0) is 42.9 Å². The van der Waals surface area contributed by atoms with Gasteiger partial charge in [-0.25, -0.2) is 0 Å². The van der Waals surface area contributed by atoms with Crippen LogP contribution in [0.15, 0.2) is 36.4 Å². The van der Waals surface area contributed by atoms with Gasteiger partial charge in [0.2, 0.25) is 0 Å². The van der Waals surface area contributed by atoms with Gasteiger partial charge in [0.1, 0.15) is 5.78 Å². The molecule has 2 bridgehead atoms. The van der Waals surface area contributed by atoms with Gasteiger partial charge in [-0.3, -0.25) is 4.79 Å². The van der Waals surface area contributed by atoms with Gasteiger partial charge in [0, 0.05) is 16.9 Å². The smallest absolute Gasteiger partial charge is 0.134 e. The number of fused-ring (bicyclic) bond motifs is 2. The minimum atomic E-state index is 0.156. The molecule has 2 heteroatoms. The lowest BCUT2D eigenvalue weighted by Crippen LogP contribution is -2.24. The fourth-order valence-corrected chi connectivity index (χ4v) is 3.74. The highest BCUT2D eigenvalue weighted by Crippen LogP contribution is 2.53. The molecule has 1 nitrogen and oxygen atoms in total. The highest BCUT2D eigenvalue weighted by atomic mass is 35.5. The molecule has 0 N–H and O–H groups in total. The second kappa shape index (κ2) is 3.99. The molecule has 0 saturated heterocycles. The Bertz CT molecular complexity index is 491. The number of carbonyl (C=O) groups is 1. The lowest BCUT2D eigenvalue weighted by atomic mass is 9.77. The molecule has 88 valence electrons. The van der Waals surface area contributed by atoms with E-state index < -0.39 is 0 Å². The molecule has 0 spiro atoms. The van der Waals surface area contributed by atoms with Gasteiger partial charge in [-0.2, -0.15) is 0 Å². The van der Waals surface area contributed by atoms with Crippen LogP contribution < -0.4 is 0 Å². The molecule has 2 aliphatic carbocycles. The van der Waals surface area contributed by atoms with Gasteiger partial charge < -0.3 is 0 Å². The van der Waals surface area contributed by atoms with Gasteiger partial charge in [0.15, 0.2) is 0 Å². The minimum Gasteiger partial charge on any atom is -0.300 e. The Morgan fingerprint density at radius 3 is 2.76 bits per heavy atom. The summed E-state index contributed by atoms with van der Waals surface area (Å²) in [5, 5.41) is 0.761. The molecular formula is C15H15ClO. The third kappa shape index (κ3) is 1.73. The lowest BCUT2D eigenvalue weighted by Gasteiger charge is -2.26. The van der Waals surface area contributed by atoms with Crippen LogP contribution in [0, 0.1) is 17.8 Å². The van der Waals surface area contributed by atoms with Crippen LogP contribution in [0.3, 0.4) is 0 Å². The van der Waals surface area contributed by atoms with E-state index in [1.54, 1.807) is 6.92 Å². The standard InChI is InChI=1S/C15H15ClO/c1-9(17)14-11-5-6-12(7-11)15(14)10-3-2-4-13(16)8-10/h2-6,8,11-12,14-15H,7H2,1H3/t11-,12+,14-,15-/m1/s1. The quantitative estimate of drug-likeness (QED) is 0.725. The molecule has 0 heterocycles. The number of benzene rings is 1. The largest absolute Gasteiger partial charge is 0.300 e. The Balaban J connectivity index is 2.02. The molecule has 3 rings (SSSR count). The first kappa shape index (κ1) is 11.0. The van der Waals surface area contributed by atoms with Crippen LogP contribution >= 0.6 is 11.6 Å². The van der Waals surface area contributed by atoms with Crippen molar-refractivity contribution in [3.63, 3.8) is 0 Å². The maximum Gasteiger partial charge on any atom is 0.134 e. The minimum absolute atomic E-state index is 0.156. The fraction of sp³-hybridized carbons (Fsp3) is 0.400. The summed E-state index contributed by atoms with van der Waals surface area (Å²) in [7, 11) is 0. The molecule has 1 aromatic carbocycles. The Kier molecular flexibility index (Phi) is 2.59. The maximum absolute atomic E-state index is 11.8. The Hall–Kier alpha value is -1.08. The number of hydrogen-bond donors (Lipinski definition) is 0. The topological polar surface area (TPSA) is 17.1 Å². The maximum atomic E-state index is 11.8. The number of hydrogen-bond acceptors (Lipinski definition) is 1. The molecule has 0 aromatic heterocycles. The van der Waals surface area contributed by atoms with Crippen LogP contribution in [0.1, 0.15) is 24.8 Å².